The molecule has 3 rings (SSSR count). The van der Waals surface area contributed by atoms with Gasteiger partial charge in [0.15, 0.2) is 5.11 Å². The first-order chi connectivity index (χ1) is 11.2. The molecule has 0 aliphatic heterocycles. The fourth-order valence-electron chi connectivity index (χ4n) is 2.65. The second-order valence-electron chi connectivity index (χ2n) is 5.72. The van der Waals surface area contributed by atoms with E-state index in [9.17, 15) is 0 Å². The summed E-state index contributed by atoms with van der Waals surface area (Å²) in [7, 11) is 0. The molecule has 1 aromatic heterocycles. The molecule has 0 aliphatic carbocycles. The van der Waals surface area contributed by atoms with Crippen molar-refractivity contribution in [1.29, 1.82) is 0 Å². The predicted molar refractivity (Wildman–Crippen MR) is 101 cm³/mol. The number of hydrogen-bond donors (Lipinski definition) is 3. The first-order valence-electron chi connectivity index (χ1n) is 7.84. The van der Waals surface area contributed by atoms with Crippen molar-refractivity contribution in [2.24, 2.45) is 0 Å². The number of thiocarbonyl (C=S) groups is 1. The highest BCUT2D eigenvalue weighted by Crippen LogP contribution is 2.16. The van der Waals surface area contributed by atoms with Crippen molar-refractivity contribution in [3.63, 3.8) is 0 Å². The van der Waals surface area contributed by atoms with Crippen LogP contribution in [0.5, 0.6) is 0 Å². The Morgan fingerprint density at radius 3 is 2.65 bits per heavy atom. The number of rotatable bonds is 5. The summed E-state index contributed by atoms with van der Waals surface area (Å²) in [5.74, 6) is 0. The van der Waals surface area contributed by atoms with Crippen molar-refractivity contribution in [3.05, 3.63) is 71.4 Å². The molecule has 2 aromatic carbocycles. The molecule has 3 nitrogen and oxygen atoms in total. The van der Waals surface area contributed by atoms with Crippen LogP contribution < -0.4 is 10.6 Å². The van der Waals surface area contributed by atoms with Crippen LogP contribution >= 0.6 is 12.2 Å². The molecule has 1 heterocycles. The van der Waals surface area contributed by atoms with Crippen LogP contribution in [0.15, 0.2) is 54.6 Å². The lowest BCUT2D eigenvalue weighted by Crippen LogP contribution is -2.35. The topological polar surface area (TPSA) is 39.8 Å². The Morgan fingerprint density at radius 2 is 1.83 bits per heavy atom. The normalized spacial score (nSPS) is 10.7. The van der Waals surface area contributed by atoms with Gasteiger partial charge in [-0.25, -0.2) is 0 Å². The van der Waals surface area contributed by atoms with E-state index >= 15 is 0 Å². The third-order valence-corrected chi connectivity index (χ3v) is 4.10. The zero-order chi connectivity index (χ0) is 16.1. The molecule has 118 valence electrons. The Hall–Kier alpha value is -2.33. The van der Waals surface area contributed by atoms with Crippen molar-refractivity contribution in [1.82, 2.24) is 15.6 Å². The maximum Gasteiger partial charge on any atom is 0.166 e. The van der Waals surface area contributed by atoms with E-state index in [0.717, 1.165) is 19.5 Å². The van der Waals surface area contributed by atoms with Gasteiger partial charge in [-0.1, -0.05) is 36.4 Å². The quantitative estimate of drug-likeness (QED) is 0.627. The predicted octanol–water partition coefficient (Wildman–Crippen LogP) is 3.68. The number of fused-ring (bicyclic) bond motifs is 1. The second kappa shape index (κ2) is 7.29. The molecule has 3 aromatic rings. The summed E-state index contributed by atoms with van der Waals surface area (Å²) in [4.78, 5) is 3.34. The highest BCUT2D eigenvalue weighted by atomic mass is 32.1. The smallest absolute Gasteiger partial charge is 0.166 e. The highest BCUT2D eigenvalue weighted by molar-refractivity contribution is 7.80. The number of nitrogens with one attached hydrogen (secondary N) is 3. The minimum Gasteiger partial charge on any atom is -0.362 e. The molecule has 0 amide bonds. The third kappa shape index (κ3) is 4.33. The summed E-state index contributed by atoms with van der Waals surface area (Å²) in [5, 5.41) is 8.46. The molecule has 0 spiro atoms. The molecular formula is C19H21N3S. The molecular weight excluding hydrogens is 302 g/mol. The van der Waals surface area contributed by atoms with Gasteiger partial charge in [-0.15, -0.1) is 0 Å². The zero-order valence-corrected chi connectivity index (χ0v) is 14.0. The van der Waals surface area contributed by atoms with E-state index in [2.05, 4.69) is 71.1 Å². The van der Waals surface area contributed by atoms with E-state index in [1.54, 1.807) is 0 Å². The fourth-order valence-corrected chi connectivity index (χ4v) is 2.82. The molecule has 0 saturated heterocycles. The minimum atomic E-state index is 0.700. The second-order valence-corrected chi connectivity index (χ2v) is 6.13. The van der Waals surface area contributed by atoms with Gasteiger partial charge in [0, 0.05) is 24.3 Å². The largest absolute Gasteiger partial charge is 0.362 e. The van der Waals surface area contributed by atoms with E-state index in [1.807, 2.05) is 6.07 Å². The SMILES string of the molecule is Cc1cc2cc(CNC(=S)NCCc3ccccc3)ccc2[nH]1. The summed E-state index contributed by atoms with van der Waals surface area (Å²) in [6, 6.07) is 19.0. The highest BCUT2D eigenvalue weighted by Gasteiger charge is 2.01. The first-order valence-corrected chi connectivity index (χ1v) is 8.25. The number of hydrogen-bond acceptors (Lipinski definition) is 1. The average molecular weight is 323 g/mol. The monoisotopic (exact) mass is 323 g/mol. The molecule has 0 fully saturated rings. The molecule has 4 heteroatoms. The van der Waals surface area contributed by atoms with Crippen molar-refractivity contribution in [2.45, 2.75) is 19.9 Å². The van der Waals surface area contributed by atoms with Gasteiger partial charge in [-0.3, -0.25) is 0 Å². The Bertz CT molecular complexity index is 793. The summed E-state index contributed by atoms with van der Waals surface area (Å²) >= 11 is 5.34. The van der Waals surface area contributed by atoms with Crippen LogP contribution in [0.4, 0.5) is 0 Å². The lowest BCUT2D eigenvalue weighted by Gasteiger charge is -2.10. The van der Waals surface area contributed by atoms with Crippen molar-refractivity contribution < 1.29 is 0 Å². The van der Waals surface area contributed by atoms with Gasteiger partial charge in [0.05, 0.1) is 0 Å². The molecule has 0 atom stereocenters. The van der Waals surface area contributed by atoms with Crippen LogP contribution in [0, 0.1) is 6.92 Å². The van der Waals surface area contributed by atoms with Gasteiger partial charge in [0.1, 0.15) is 0 Å². The van der Waals surface area contributed by atoms with Crippen LogP contribution in [0.1, 0.15) is 16.8 Å². The minimum absolute atomic E-state index is 0.700. The van der Waals surface area contributed by atoms with Gasteiger partial charge >= 0.3 is 0 Å². The third-order valence-electron chi connectivity index (χ3n) is 3.81. The Morgan fingerprint density at radius 1 is 1.00 bits per heavy atom. The Balaban J connectivity index is 1.46. The molecule has 23 heavy (non-hydrogen) atoms. The molecule has 0 radical (unpaired) electrons. The Kier molecular flexibility index (Phi) is 4.93. The average Bonchev–Trinajstić information content (AvgIpc) is 2.93. The lowest BCUT2D eigenvalue weighted by molar-refractivity contribution is 0.815. The van der Waals surface area contributed by atoms with E-state index in [1.165, 1.54) is 27.7 Å². The summed E-state index contributed by atoms with van der Waals surface area (Å²) in [6.45, 7) is 3.65. The van der Waals surface area contributed by atoms with Gasteiger partial charge < -0.3 is 15.6 Å². The number of H-pyrrole nitrogens is 1. The van der Waals surface area contributed by atoms with E-state index in [-0.39, 0.29) is 0 Å². The van der Waals surface area contributed by atoms with Gasteiger partial charge in [0.25, 0.3) is 0 Å². The Labute approximate surface area is 142 Å². The lowest BCUT2D eigenvalue weighted by atomic mass is 10.1. The first kappa shape index (κ1) is 15.6. The van der Waals surface area contributed by atoms with Crippen LogP contribution in [0.25, 0.3) is 10.9 Å². The van der Waals surface area contributed by atoms with Crippen molar-refractivity contribution >= 4 is 28.2 Å². The number of aromatic amines is 1. The molecule has 3 N–H and O–H groups in total. The zero-order valence-electron chi connectivity index (χ0n) is 13.2. The van der Waals surface area contributed by atoms with E-state index < -0.39 is 0 Å². The van der Waals surface area contributed by atoms with Crippen molar-refractivity contribution in [3.8, 4) is 0 Å². The fraction of sp³-hybridized carbons (Fsp3) is 0.211. The van der Waals surface area contributed by atoms with Crippen LogP contribution in [-0.4, -0.2) is 16.6 Å². The molecule has 0 bridgehead atoms. The summed E-state index contributed by atoms with van der Waals surface area (Å²) in [5.41, 5.74) is 4.90. The summed E-state index contributed by atoms with van der Waals surface area (Å²) in [6.07, 6.45) is 0.969. The number of aromatic nitrogens is 1. The number of benzene rings is 2. The molecule has 0 aliphatic rings. The van der Waals surface area contributed by atoms with Crippen molar-refractivity contribution in [2.75, 3.05) is 6.54 Å². The maximum atomic E-state index is 5.34. The van der Waals surface area contributed by atoms with Gasteiger partial charge in [0.2, 0.25) is 0 Å². The molecule has 0 saturated carbocycles. The van der Waals surface area contributed by atoms with E-state index in [0.29, 0.717) is 5.11 Å². The van der Waals surface area contributed by atoms with Gasteiger partial charge in [-0.05, 0) is 60.3 Å². The van der Waals surface area contributed by atoms with Crippen LogP contribution in [-0.2, 0) is 13.0 Å². The number of aryl methyl sites for hydroxylation is 1. The van der Waals surface area contributed by atoms with E-state index in [4.69, 9.17) is 12.2 Å². The van der Waals surface area contributed by atoms with Crippen LogP contribution in [0.2, 0.25) is 0 Å². The maximum absolute atomic E-state index is 5.34. The molecule has 0 unspecified atom stereocenters. The summed E-state index contributed by atoms with van der Waals surface area (Å²) < 4.78 is 0. The van der Waals surface area contributed by atoms with Gasteiger partial charge in [-0.2, -0.15) is 0 Å². The standard InChI is InChI=1S/C19H21N3S/c1-14-11-17-12-16(7-8-18(17)22-14)13-21-19(23)20-10-9-15-5-3-2-4-6-15/h2-8,11-12,22H,9-10,13H2,1H3,(H2,20,21,23). The van der Waals surface area contributed by atoms with Crippen LogP contribution in [0.3, 0.4) is 0 Å².